The second kappa shape index (κ2) is 9.45. The van der Waals surface area contributed by atoms with E-state index in [-0.39, 0.29) is 5.91 Å². The Labute approximate surface area is 169 Å². The average Bonchev–Trinajstić information content (AvgIpc) is 2.70. The van der Waals surface area contributed by atoms with Gasteiger partial charge >= 0.3 is 0 Å². The first-order chi connectivity index (χ1) is 14.0. The Morgan fingerprint density at radius 3 is 2.55 bits per heavy atom. The van der Waals surface area contributed by atoms with Crippen molar-refractivity contribution < 1.29 is 9.53 Å². The summed E-state index contributed by atoms with van der Waals surface area (Å²) >= 11 is 0. The van der Waals surface area contributed by atoms with Gasteiger partial charge in [0.05, 0.1) is 7.11 Å². The Morgan fingerprint density at radius 2 is 1.76 bits per heavy atom. The first-order valence-corrected chi connectivity index (χ1v) is 9.11. The lowest BCUT2D eigenvalue weighted by Gasteiger charge is -2.11. The second-order valence-electron chi connectivity index (χ2n) is 6.30. The molecule has 0 radical (unpaired) electrons. The summed E-state index contributed by atoms with van der Waals surface area (Å²) in [4.78, 5) is 29.2. The molecule has 1 amide bonds. The number of aryl methyl sites for hydroxylation is 2. The number of ether oxygens (including phenoxy) is 1. The third-order valence-corrected chi connectivity index (χ3v) is 3.93. The highest BCUT2D eigenvalue weighted by Gasteiger charge is 2.07. The molecular weight excluding hydrogens is 370 g/mol. The van der Waals surface area contributed by atoms with Crippen LogP contribution in [0.15, 0.2) is 42.7 Å². The molecule has 0 atom stereocenters. The van der Waals surface area contributed by atoms with Crippen LogP contribution in [0.3, 0.4) is 0 Å². The molecule has 0 aliphatic carbocycles. The summed E-state index contributed by atoms with van der Waals surface area (Å²) in [6, 6.07) is 8.89. The fraction of sp³-hybridized carbons (Fsp3) is 0.250. The fourth-order valence-corrected chi connectivity index (χ4v) is 2.59. The summed E-state index contributed by atoms with van der Waals surface area (Å²) in [7, 11) is 1.51. The molecule has 9 heteroatoms. The van der Waals surface area contributed by atoms with Crippen LogP contribution in [0.2, 0.25) is 0 Å². The summed E-state index contributed by atoms with van der Waals surface area (Å²) in [6.45, 7) is 4.75. The van der Waals surface area contributed by atoms with Gasteiger partial charge in [0.2, 0.25) is 5.88 Å². The Kier molecular flexibility index (Phi) is 6.51. The molecule has 0 aromatic carbocycles. The minimum atomic E-state index is -0.195. The number of rotatable bonds is 8. The van der Waals surface area contributed by atoms with Crippen LogP contribution in [0.1, 0.15) is 21.7 Å². The molecule has 3 aromatic rings. The molecule has 0 saturated carbocycles. The molecule has 0 bridgehead atoms. The molecule has 0 saturated heterocycles. The molecule has 3 aromatic heterocycles. The molecular formula is C20H23N7O2. The zero-order valence-electron chi connectivity index (χ0n) is 16.6. The maximum atomic E-state index is 12.2. The number of aromatic nitrogens is 4. The van der Waals surface area contributed by atoms with E-state index in [9.17, 15) is 4.79 Å². The number of nitrogens with one attached hydrogen (secondary N) is 3. The van der Waals surface area contributed by atoms with Crippen molar-refractivity contribution in [1.82, 2.24) is 25.3 Å². The molecule has 0 aliphatic rings. The van der Waals surface area contributed by atoms with Gasteiger partial charge in [-0.3, -0.25) is 4.79 Å². The lowest BCUT2D eigenvalue weighted by atomic mass is 10.2. The molecule has 150 valence electrons. The standard InChI is InChI=1S/C20H23N7O2/c1-13-4-6-21-16(10-13)27-18-12-17(25-14(2)26-18)22-8-9-24-20(28)15-5-7-23-19(11-15)29-3/h4-7,10-12H,8-9H2,1-3H3,(H,24,28)(H2,21,22,25,26,27). The molecule has 0 spiro atoms. The van der Waals surface area contributed by atoms with Crippen molar-refractivity contribution in [1.29, 1.82) is 0 Å². The Hall–Kier alpha value is -3.75. The fourth-order valence-electron chi connectivity index (χ4n) is 2.59. The lowest BCUT2D eigenvalue weighted by Crippen LogP contribution is -2.29. The largest absolute Gasteiger partial charge is 0.481 e. The molecule has 0 aliphatic heterocycles. The van der Waals surface area contributed by atoms with E-state index in [1.54, 1.807) is 24.4 Å². The quantitative estimate of drug-likeness (QED) is 0.500. The van der Waals surface area contributed by atoms with Gasteiger partial charge in [0.1, 0.15) is 23.3 Å². The van der Waals surface area contributed by atoms with Gasteiger partial charge in [0, 0.05) is 43.2 Å². The molecule has 9 nitrogen and oxygen atoms in total. The second-order valence-corrected chi connectivity index (χ2v) is 6.30. The van der Waals surface area contributed by atoms with E-state index in [2.05, 4.69) is 35.9 Å². The van der Waals surface area contributed by atoms with Gasteiger partial charge in [-0.25, -0.2) is 19.9 Å². The number of pyridine rings is 2. The normalized spacial score (nSPS) is 10.3. The lowest BCUT2D eigenvalue weighted by molar-refractivity contribution is 0.0954. The van der Waals surface area contributed by atoms with Gasteiger partial charge in [0.25, 0.3) is 5.91 Å². The van der Waals surface area contributed by atoms with Crippen LogP contribution in [-0.4, -0.2) is 46.0 Å². The van der Waals surface area contributed by atoms with Crippen LogP contribution in [0.25, 0.3) is 0 Å². The van der Waals surface area contributed by atoms with Crippen LogP contribution >= 0.6 is 0 Å². The van der Waals surface area contributed by atoms with Gasteiger partial charge in [0.15, 0.2) is 0 Å². The molecule has 0 fully saturated rings. The van der Waals surface area contributed by atoms with Gasteiger partial charge in [-0.15, -0.1) is 0 Å². The van der Waals surface area contributed by atoms with Crippen LogP contribution in [0.5, 0.6) is 5.88 Å². The van der Waals surface area contributed by atoms with Crippen molar-refractivity contribution in [3.8, 4) is 5.88 Å². The maximum Gasteiger partial charge on any atom is 0.251 e. The molecule has 29 heavy (non-hydrogen) atoms. The number of nitrogens with zero attached hydrogens (tertiary/aromatic N) is 4. The maximum absolute atomic E-state index is 12.2. The van der Waals surface area contributed by atoms with Crippen molar-refractivity contribution in [2.75, 3.05) is 30.8 Å². The van der Waals surface area contributed by atoms with E-state index >= 15 is 0 Å². The topological polar surface area (TPSA) is 114 Å². The zero-order valence-corrected chi connectivity index (χ0v) is 16.6. The van der Waals surface area contributed by atoms with Gasteiger partial charge in [-0.05, 0) is 37.6 Å². The van der Waals surface area contributed by atoms with Crippen molar-refractivity contribution >= 4 is 23.4 Å². The average molecular weight is 393 g/mol. The van der Waals surface area contributed by atoms with Crippen LogP contribution in [-0.2, 0) is 0 Å². The number of hydrogen-bond donors (Lipinski definition) is 3. The monoisotopic (exact) mass is 393 g/mol. The van der Waals surface area contributed by atoms with Gasteiger partial charge in [-0.2, -0.15) is 0 Å². The van der Waals surface area contributed by atoms with Crippen molar-refractivity contribution in [3.63, 3.8) is 0 Å². The number of amides is 1. The highest BCUT2D eigenvalue weighted by atomic mass is 16.5. The predicted octanol–water partition coefficient (Wildman–Crippen LogP) is 2.48. The van der Waals surface area contributed by atoms with Crippen molar-refractivity contribution in [3.05, 3.63) is 59.7 Å². The first-order valence-electron chi connectivity index (χ1n) is 9.11. The highest BCUT2D eigenvalue weighted by molar-refractivity contribution is 5.94. The zero-order chi connectivity index (χ0) is 20.6. The predicted molar refractivity (Wildman–Crippen MR) is 111 cm³/mol. The molecule has 3 heterocycles. The van der Waals surface area contributed by atoms with Crippen LogP contribution < -0.4 is 20.7 Å². The third kappa shape index (κ3) is 5.86. The van der Waals surface area contributed by atoms with E-state index in [1.807, 2.05) is 26.0 Å². The summed E-state index contributed by atoms with van der Waals surface area (Å²) in [6.07, 6.45) is 3.28. The minimum Gasteiger partial charge on any atom is -0.481 e. The molecule has 3 N–H and O–H groups in total. The van der Waals surface area contributed by atoms with Crippen LogP contribution in [0, 0.1) is 13.8 Å². The van der Waals surface area contributed by atoms with E-state index in [1.165, 1.54) is 13.3 Å². The highest BCUT2D eigenvalue weighted by Crippen LogP contribution is 2.16. The van der Waals surface area contributed by atoms with Crippen molar-refractivity contribution in [2.24, 2.45) is 0 Å². The number of methoxy groups -OCH3 is 1. The van der Waals surface area contributed by atoms with Crippen LogP contribution in [0.4, 0.5) is 17.5 Å². The molecule has 0 unspecified atom stereocenters. The smallest absolute Gasteiger partial charge is 0.251 e. The summed E-state index contributed by atoms with van der Waals surface area (Å²) in [5, 5.41) is 9.21. The number of hydrogen-bond acceptors (Lipinski definition) is 8. The van der Waals surface area contributed by atoms with E-state index in [0.717, 1.165) is 5.56 Å². The number of anilines is 3. The minimum absolute atomic E-state index is 0.195. The summed E-state index contributed by atoms with van der Waals surface area (Å²) < 4.78 is 5.03. The number of carbonyl (C=O) groups is 1. The third-order valence-electron chi connectivity index (χ3n) is 3.93. The van der Waals surface area contributed by atoms with Gasteiger partial charge < -0.3 is 20.7 Å². The summed E-state index contributed by atoms with van der Waals surface area (Å²) in [5.41, 5.74) is 1.60. The van der Waals surface area contributed by atoms with Gasteiger partial charge in [-0.1, -0.05) is 0 Å². The SMILES string of the molecule is COc1cc(C(=O)NCCNc2cc(Nc3cc(C)ccn3)nc(C)n2)ccn1. The first kappa shape index (κ1) is 20.0. The van der Waals surface area contributed by atoms with E-state index in [0.29, 0.717) is 47.8 Å². The van der Waals surface area contributed by atoms with E-state index < -0.39 is 0 Å². The van der Waals surface area contributed by atoms with E-state index in [4.69, 9.17) is 4.74 Å². The number of carbonyl (C=O) groups excluding carboxylic acids is 1. The molecule has 3 rings (SSSR count). The van der Waals surface area contributed by atoms with Crippen molar-refractivity contribution in [2.45, 2.75) is 13.8 Å². The summed E-state index contributed by atoms with van der Waals surface area (Å²) in [5.74, 6) is 2.85. The Morgan fingerprint density at radius 1 is 0.966 bits per heavy atom. The Balaban J connectivity index is 1.54. The Bertz CT molecular complexity index is 994.